The van der Waals surface area contributed by atoms with Gasteiger partial charge in [-0.05, 0) is 64.8 Å². The number of thiophene rings is 1. The zero-order valence-electron chi connectivity index (χ0n) is 17.8. The van der Waals surface area contributed by atoms with Crippen molar-refractivity contribution in [3.05, 3.63) is 22.4 Å². The van der Waals surface area contributed by atoms with Crippen molar-refractivity contribution >= 4 is 23.0 Å². The van der Waals surface area contributed by atoms with Crippen LogP contribution in [0.4, 0.5) is 0 Å². The highest BCUT2D eigenvalue weighted by atomic mass is 32.1. The van der Waals surface area contributed by atoms with Crippen LogP contribution in [0.25, 0.3) is 0 Å². The minimum atomic E-state index is 0.0628. The Hall–Kier alpha value is -1.36. The van der Waals surface area contributed by atoms with Crippen molar-refractivity contribution in [2.24, 2.45) is 21.8 Å². The number of hydrazone groups is 1. The van der Waals surface area contributed by atoms with Crippen LogP contribution in [0.1, 0.15) is 84.2 Å². The van der Waals surface area contributed by atoms with Crippen molar-refractivity contribution in [3.8, 4) is 0 Å². The zero-order chi connectivity index (χ0) is 19.9. The smallest absolute Gasteiger partial charge is 0.267 e. The molecule has 4 nitrogen and oxygen atoms in total. The zero-order valence-corrected chi connectivity index (χ0v) is 18.6. The van der Waals surface area contributed by atoms with Crippen LogP contribution < -0.4 is 5.32 Å². The molecule has 2 bridgehead atoms. The number of nitrogens with zero attached hydrogens (tertiary/aromatic N) is 2. The Morgan fingerprint density at radius 3 is 2.79 bits per heavy atom. The lowest BCUT2D eigenvalue weighted by atomic mass is 9.69. The van der Waals surface area contributed by atoms with E-state index in [0.29, 0.717) is 5.41 Å². The Bertz CT molecular complexity index is 741. The van der Waals surface area contributed by atoms with Gasteiger partial charge in [0.05, 0.1) is 6.04 Å². The van der Waals surface area contributed by atoms with E-state index in [2.05, 4.69) is 54.8 Å². The quantitative estimate of drug-likeness (QED) is 0.624. The summed E-state index contributed by atoms with van der Waals surface area (Å²) in [4.78, 5) is 13.2. The molecule has 0 aromatic carbocycles. The Kier molecular flexibility index (Phi) is 5.32. The molecule has 1 N–H and O–H groups in total. The first-order valence-corrected chi connectivity index (χ1v) is 12.0. The predicted molar refractivity (Wildman–Crippen MR) is 117 cm³/mol. The van der Waals surface area contributed by atoms with Gasteiger partial charge in [-0.3, -0.25) is 9.80 Å². The molecule has 1 aliphatic heterocycles. The summed E-state index contributed by atoms with van der Waals surface area (Å²) in [6.45, 7) is 10.3. The van der Waals surface area contributed by atoms with Crippen LogP contribution in [0.15, 0.2) is 21.9 Å². The van der Waals surface area contributed by atoms with Gasteiger partial charge in [-0.2, -0.15) is 16.4 Å². The second-order valence-corrected chi connectivity index (χ2v) is 10.6. The van der Waals surface area contributed by atoms with Crippen LogP contribution in [-0.2, 0) is 4.79 Å². The summed E-state index contributed by atoms with van der Waals surface area (Å²) in [5, 5.41) is 14.7. The molecule has 1 aromatic heterocycles. The van der Waals surface area contributed by atoms with Gasteiger partial charge in [-0.25, -0.2) is 0 Å². The summed E-state index contributed by atoms with van der Waals surface area (Å²) in [7, 11) is 0. The highest BCUT2D eigenvalue weighted by Crippen LogP contribution is 2.65. The molecule has 4 rings (SSSR count). The topological polar surface area (TPSA) is 44.7 Å². The van der Waals surface area contributed by atoms with E-state index in [9.17, 15) is 4.79 Å². The van der Waals surface area contributed by atoms with E-state index >= 15 is 0 Å². The molecule has 2 saturated carbocycles. The van der Waals surface area contributed by atoms with Crippen LogP contribution in [-0.4, -0.2) is 29.2 Å². The normalized spacial score (nSPS) is 33.4. The first kappa shape index (κ1) is 19.9. The van der Waals surface area contributed by atoms with Crippen LogP contribution >= 0.6 is 11.3 Å². The van der Waals surface area contributed by atoms with Crippen LogP contribution in [0.5, 0.6) is 0 Å². The monoisotopic (exact) mass is 401 g/mol. The van der Waals surface area contributed by atoms with E-state index in [1.54, 1.807) is 11.3 Å². The fraction of sp³-hybridized carbons (Fsp3) is 0.739. The number of amides is 1. The van der Waals surface area contributed by atoms with E-state index in [4.69, 9.17) is 5.10 Å². The molecule has 1 unspecified atom stereocenters. The molecule has 0 saturated heterocycles. The summed E-state index contributed by atoms with van der Waals surface area (Å²) >= 11 is 1.72. The SMILES string of the molecule is CCCCCN1N=C(C(=O)N[C@H]2C[C@H]3CC[C@]2(C)C3(C)C)CC1c1ccsc1. The lowest BCUT2D eigenvalue weighted by Gasteiger charge is -2.39. The van der Waals surface area contributed by atoms with Crippen LogP contribution in [0.3, 0.4) is 0 Å². The van der Waals surface area contributed by atoms with Crippen LogP contribution in [0.2, 0.25) is 0 Å². The van der Waals surface area contributed by atoms with Gasteiger partial charge in [-0.15, -0.1) is 0 Å². The van der Waals surface area contributed by atoms with E-state index in [0.717, 1.165) is 37.4 Å². The number of carbonyl (C=O) groups excluding carboxylic acids is 1. The van der Waals surface area contributed by atoms with Crippen molar-refractivity contribution in [1.29, 1.82) is 0 Å². The van der Waals surface area contributed by atoms with E-state index < -0.39 is 0 Å². The third kappa shape index (κ3) is 3.20. The van der Waals surface area contributed by atoms with Crippen LogP contribution in [0, 0.1) is 16.7 Å². The lowest BCUT2D eigenvalue weighted by Crippen LogP contribution is -2.48. The van der Waals surface area contributed by atoms with E-state index in [1.165, 1.54) is 31.2 Å². The van der Waals surface area contributed by atoms with Gasteiger partial charge in [0.1, 0.15) is 5.71 Å². The number of rotatable bonds is 7. The highest BCUT2D eigenvalue weighted by molar-refractivity contribution is 7.08. The molecule has 4 atom stereocenters. The molecule has 0 spiro atoms. The lowest BCUT2D eigenvalue weighted by molar-refractivity contribution is -0.116. The minimum absolute atomic E-state index is 0.0628. The minimum Gasteiger partial charge on any atom is -0.348 e. The predicted octanol–water partition coefficient (Wildman–Crippen LogP) is 5.37. The largest absolute Gasteiger partial charge is 0.348 e. The fourth-order valence-corrected chi connectivity index (χ4v) is 6.55. The number of nitrogens with one attached hydrogen (secondary N) is 1. The average Bonchev–Trinajstić information content (AvgIpc) is 3.39. The molecular weight excluding hydrogens is 366 g/mol. The summed E-state index contributed by atoms with van der Waals surface area (Å²) in [6, 6.07) is 2.68. The van der Waals surface area contributed by atoms with Crippen molar-refractivity contribution < 1.29 is 4.79 Å². The highest BCUT2D eigenvalue weighted by Gasteiger charge is 2.61. The van der Waals surface area contributed by atoms with Gasteiger partial charge in [-0.1, -0.05) is 40.5 Å². The van der Waals surface area contributed by atoms with Crippen molar-refractivity contribution in [2.45, 2.75) is 84.7 Å². The van der Waals surface area contributed by atoms with Crippen molar-refractivity contribution in [3.63, 3.8) is 0 Å². The maximum Gasteiger partial charge on any atom is 0.267 e. The van der Waals surface area contributed by atoms with Gasteiger partial charge in [0.15, 0.2) is 0 Å². The molecular formula is C23H35N3OS. The van der Waals surface area contributed by atoms with Gasteiger partial charge >= 0.3 is 0 Å². The number of hydrogen-bond donors (Lipinski definition) is 1. The Labute approximate surface area is 173 Å². The Balaban J connectivity index is 1.46. The third-order valence-corrected chi connectivity index (χ3v) is 8.98. The molecule has 1 amide bonds. The van der Waals surface area contributed by atoms with E-state index in [1.807, 2.05) is 0 Å². The van der Waals surface area contributed by atoms with Crippen molar-refractivity contribution in [2.75, 3.05) is 6.54 Å². The summed E-state index contributed by atoms with van der Waals surface area (Å²) in [6.07, 6.45) is 7.92. The number of fused-ring (bicyclic) bond motifs is 2. The van der Waals surface area contributed by atoms with Gasteiger partial charge in [0, 0.05) is 19.0 Å². The first-order valence-electron chi connectivity index (χ1n) is 11.0. The molecule has 0 radical (unpaired) electrons. The molecule has 28 heavy (non-hydrogen) atoms. The Morgan fingerprint density at radius 1 is 1.36 bits per heavy atom. The second kappa shape index (κ2) is 7.47. The fourth-order valence-electron chi connectivity index (χ4n) is 5.84. The molecule has 2 fully saturated rings. The number of unbranched alkanes of at least 4 members (excludes halogenated alkanes) is 2. The maximum atomic E-state index is 13.2. The van der Waals surface area contributed by atoms with Crippen molar-refractivity contribution in [1.82, 2.24) is 10.3 Å². The molecule has 154 valence electrons. The van der Waals surface area contributed by atoms with E-state index in [-0.39, 0.29) is 23.4 Å². The maximum absolute atomic E-state index is 13.2. The molecule has 5 heteroatoms. The third-order valence-electron chi connectivity index (χ3n) is 8.28. The molecule has 3 aliphatic rings. The summed E-state index contributed by atoms with van der Waals surface area (Å²) in [5.74, 6) is 0.796. The summed E-state index contributed by atoms with van der Waals surface area (Å²) in [5.41, 5.74) is 2.53. The second-order valence-electron chi connectivity index (χ2n) is 9.83. The molecule has 2 aliphatic carbocycles. The van der Waals surface area contributed by atoms with Gasteiger partial charge < -0.3 is 5.32 Å². The summed E-state index contributed by atoms with van der Waals surface area (Å²) < 4.78 is 0. The van der Waals surface area contributed by atoms with Gasteiger partial charge in [0.2, 0.25) is 0 Å². The number of carbonyl (C=O) groups is 1. The van der Waals surface area contributed by atoms with Gasteiger partial charge in [0.25, 0.3) is 5.91 Å². The standard InChI is InChI=1S/C23H35N3OS/c1-5-6-7-11-26-19(16-9-12-28-15-16)14-18(25-26)21(27)24-20-13-17-8-10-23(20,4)22(17,2)3/h9,12,15,17,19-20H,5-8,10-11,13-14H2,1-4H3,(H,24,27)/t17-,19?,20+,23+/m1/s1. The first-order chi connectivity index (χ1) is 13.4. The average molecular weight is 402 g/mol. The number of hydrogen-bond acceptors (Lipinski definition) is 4. The molecule has 1 aromatic rings. The Morgan fingerprint density at radius 2 is 2.18 bits per heavy atom. The molecule has 2 heterocycles.